The van der Waals surface area contributed by atoms with Gasteiger partial charge in [0.15, 0.2) is 0 Å². The summed E-state index contributed by atoms with van der Waals surface area (Å²) in [5, 5.41) is 15.1. The number of nitrogens with one attached hydrogen (secondary N) is 2. The second-order valence-corrected chi connectivity index (χ2v) is 6.46. The molecule has 0 aromatic carbocycles. The van der Waals surface area contributed by atoms with Crippen molar-refractivity contribution in [1.29, 1.82) is 0 Å². The molecular weight excluding hydrogens is 268 g/mol. The SMILES string of the molecule is CCC(C)CC(C)NC(=O)NC1CCCCCC1C(=O)O. The van der Waals surface area contributed by atoms with E-state index in [-0.39, 0.29) is 18.1 Å². The van der Waals surface area contributed by atoms with E-state index in [2.05, 4.69) is 24.5 Å². The van der Waals surface area contributed by atoms with Gasteiger partial charge in [0.25, 0.3) is 0 Å². The second kappa shape index (κ2) is 8.90. The van der Waals surface area contributed by atoms with Crippen LogP contribution in [0.4, 0.5) is 4.79 Å². The Bertz CT molecular complexity index is 346. The lowest BCUT2D eigenvalue weighted by Crippen LogP contribution is -2.49. The number of aliphatic carboxylic acids is 1. The third kappa shape index (κ3) is 6.36. The molecule has 0 heterocycles. The monoisotopic (exact) mass is 298 g/mol. The van der Waals surface area contributed by atoms with Gasteiger partial charge in [-0.3, -0.25) is 4.79 Å². The van der Waals surface area contributed by atoms with E-state index < -0.39 is 11.9 Å². The third-order valence-electron chi connectivity index (χ3n) is 4.48. The highest BCUT2D eigenvalue weighted by Crippen LogP contribution is 2.23. The zero-order chi connectivity index (χ0) is 15.8. The number of carboxylic acids is 1. The van der Waals surface area contributed by atoms with Gasteiger partial charge in [-0.2, -0.15) is 0 Å². The molecule has 4 atom stereocenters. The van der Waals surface area contributed by atoms with Gasteiger partial charge in [-0.1, -0.05) is 39.5 Å². The Morgan fingerprint density at radius 2 is 1.86 bits per heavy atom. The van der Waals surface area contributed by atoms with Crippen LogP contribution in [0.25, 0.3) is 0 Å². The molecule has 21 heavy (non-hydrogen) atoms. The smallest absolute Gasteiger partial charge is 0.315 e. The minimum atomic E-state index is -0.796. The first kappa shape index (κ1) is 17.8. The number of urea groups is 1. The quantitative estimate of drug-likeness (QED) is 0.659. The molecule has 0 radical (unpaired) electrons. The lowest BCUT2D eigenvalue weighted by molar-refractivity contribution is -0.142. The molecule has 3 N–H and O–H groups in total. The normalized spacial score (nSPS) is 25.5. The van der Waals surface area contributed by atoms with Crippen LogP contribution in [0, 0.1) is 11.8 Å². The number of hydrogen-bond acceptors (Lipinski definition) is 2. The summed E-state index contributed by atoms with van der Waals surface area (Å²) in [6.07, 6.45) is 6.41. The van der Waals surface area contributed by atoms with Crippen molar-refractivity contribution < 1.29 is 14.7 Å². The van der Waals surface area contributed by atoms with Crippen LogP contribution >= 0.6 is 0 Å². The number of carbonyl (C=O) groups is 2. The maximum Gasteiger partial charge on any atom is 0.315 e. The van der Waals surface area contributed by atoms with Gasteiger partial charge in [-0.25, -0.2) is 4.79 Å². The van der Waals surface area contributed by atoms with E-state index in [1.165, 1.54) is 0 Å². The number of carbonyl (C=O) groups excluding carboxylic acids is 1. The molecule has 1 fully saturated rings. The molecule has 2 amide bonds. The van der Waals surface area contributed by atoms with Crippen LogP contribution in [-0.4, -0.2) is 29.2 Å². The Morgan fingerprint density at radius 1 is 1.19 bits per heavy atom. The Balaban J connectivity index is 2.48. The predicted octanol–water partition coefficient (Wildman–Crippen LogP) is 3.14. The van der Waals surface area contributed by atoms with Crippen molar-refractivity contribution in [2.45, 2.75) is 77.8 Å². The van der Waals surface area contributed by atoms with Crippen LogP contribution in [0.1, 0.15) is 65.7 Å². The van der Waals surface area contributed by atoms with E-state index in [1.54, 1.807) is 0 Å². The zero-order valence-electron chi connectivity index (χ0n) is 13.5. The van der Waals surface area contributed by atoms with E-state index in [4.69, 9.17) is 0 Å². The minimum Gasteiger partial charge on any atom is -0.481 e. The van der Waals surface area contributed by atoms with Gasteiger partial charge in [0, 0.05) is 12.1 Å². The molecule has 122 valence electrons. The zero-order valence-corrected chi connectivity index (χ0v) is 13.5. The van der Waals surface area contributed by atoms with Gasteiger partial charge in [0.05, 0.1) is 5.92 Å². The highest BCUT2D eigenvalue weighted by Gasteiger charge is 2.30. The van der Waals surface area contributed by atoms with Crippen LogP contribution in [0.5, 0.6) is 0 Å². The Labute approximate surface area is 127 Å². The van der Waals surface area contributed by atoms with E-state index >= 15 is 0 Å². The maximum atomic E-state index is 12.1. The first-order valence-electron chi connectivity index (χ1n) is 8.23. The molecule has 1 aliphatic carbocycles. The summed E-state index contributed by atoms with van der Waals surface area (Å²) in [4.78, 5) is 23.4. The summed E-state index contributed by atoms with van der Waals surface area (Å²) in [7, 11) is 0. The van der Waals surface area contributed by atoms with Crippen LogP contribution in [0.3, 0.4) is 0 Å². The average Bonchev–Trinajstić information content (AvgIpc) is 2.63. The Kier molecular flexibility index (Phi) is 7.54. The molecule has 0 aromatic rings. The number of rotatable bonds is 6. The van der Waals surface area contributed by atoms with Crippen molar-refractivity contribution in [3.63, 3.8) is 0 Å². The molecule has 0 bridgehead atoms. The van der Waals surface area contributed by atoms with E-state index in [1.807, 2.05) is 6.92 Å². The number of carboxylic acid groups (broad SMARTS) is 1. The van der Waals surface area contributed by atoms with Gasteiger partial charge < -0.3 is 15.7 Å². The Morgan fingerprint density at radius 3 is 2.48 bits per heavy atom. The summed E-state index contributed by atoms with van der Waals surface area (Å²) in [6, 6.07) is -0.376. The van der Waals surface area contributed by atoms with Crippen molar-refractivity contribution >= 4 is 12.0 Å². The first-order chi connectivity index (χ1) is 9.93. The van der Waals surface area contributed by atoms with Crippen LogP contribution < -0.4 is 10.6 Å². The number of amides is 2. The molecule has 4 unspecified atom stereocenters. The van der Waals surface area contributed by atoms with Gasteiger partial charge in [-0.15, -0.1) is 0 Å². The lowest BCUT2D eigenvalue weighted by atomic mass is 9.95. The second-order valence-electron chi connectivity index (χ2n) is 6.46. The van der Waals surface area contributed by atoms with Crippen molar-refractivity contribution in [3.8, 4) is 0 Å². The molecule has 1 rings (SSSR count). The van der Waals surface area contributed by atoms with E-state index in [0.29, 0.717) is 12.3 Å². The highest BCUT2D eigenvalue weighted by molar-refractivity contribution is 5.77. The van der Waals surface area contributed by atoms with Crippen molar-refractivity contribution in [1.82, 2.24) is 10.6 Å². The fourth-order valence-electron chi connectivity index (χ4n) is 3.04. The summed E-state index contributed by atoms with van der Waals surface area (Å²) in [6.45, 7) is 6.30. The standard InChI is InChI=1S/C16H30N2O3/c1-4-11(2)10-12(3)17-16(21)18-14-9-7-5-6-8-13(14)15(19)20/h11-14H,4-10H2,1-3H3,(H,19,20)(H2,17,18,21). The van der Waals surface area contributed by atoms with Crippen molar-refractivity contribution in [2.24, 2.45) is 11.8 Å². The molecule has 0 spiro atoms. The summed E-state index contributed by atoms with van der Waals surface area (Å²) in [5.41, 5.74) is 0. The third-order valence-corrected chi connectivity index (χ3v) is 4.48. The topological polar surface area (TPSA) is 78.4 Å². The molecule has 0 aliphatic heterocycles. The molecule has 1 saturated carbocycles. The lowest BCUT2D eigenvalue weighted by Gasteiger charge is -2.25. The maximum absolute atomic E-state index is 12.1. The van der Waals surface area contributed by atoms with Gasteiger partial charge >= 0.3 is 12.0 Å². The first-order valence-corrected chi connectivity index (χ1v) is 8.23. The molecular formula is C16H30N2O3. The molecule has 0 aromatic heterocycles. The predicted molar refractivity (Wildman–Crippen MR) is 83.2 cm³/mol. The molecule has 1 aliphatic rings. The molecule has 5 heteroatoms. The van der Waals surface area contributed by atoms with Gasteiger partial charge in [0.1, 0.15) is 0 Å². The summed E-state index contributed by atoms with van der Waals surface area (Å²) in [5.74, 6) is -0.678. The summed E-state index contributed by atoms with van der Waals surface area (Å²) >= 11 is 0. The van der Waals surface area contributed by atoms with Crippen molar-refractivity contribution in [3.05, 3.63) is 0 Å². The van der Waals surface area contributed by atoms with E-state index in [9.17, 15) is 14.7 Å². The highest BCUT2D eigenvalue weighted by atomic mass is 16.4. The van der Waals surface area contributed by atoms with E-state index in [0.717, 1.165) is 38.5 Å². The Hall–Kier alpha value is -1.26. The van der Waals surface area contributed by atoms with Crippen LogP contribution in [0.15, 0.2) is 0 Å². The van der Waals surface area contributed by atoms with Crippen LogP contribution in [0.2, 0.25) is 0 Å². The average molecular weight is 298 g/mol. The largest absolute Gasteiger partial charge is 0.481 e. The minimum absolute atomic E-state index is 0.106. The number of hydrogen-bond donors (Lipinski definition) is 3. The van der Waals surface area contributed by atoms with Crippen LogP contribution in [-0.2, 0) is 4.79 Å². The van der Waals surface area contributed by atoms with Gasteiger partial charge in [0.2, 0.25) is 0 Å². The summed E-state index contributed by atoms with van der Waals surface area (Å²) < 4.78 is 0. The van der Waals surface area contributed by atoms with Gasteiger partial charge in [-0.05, 0) is 32.1 Å². The fraction of sp³-hybridized carbons (Fsp3) is 0.875. The molecule has 5 nitrogen and oxygen atoms in total. The molecule has 0 saturated heterocycles. The van der Waals surface area contributed by atoms with Crippen molar-refractivity contribution in [2.75, 3.05) is 0 Å². The fourth-order valence-corrected chi connectivity index (χ4v) is 3.04.